The molecule has 1 saturated carbocycles. The second-order valence-electron chi connectivity index (χ2n) is 8.58. The highest BCUT2D eigenvalue weighted by Crippen LogP contribution is 2.28. The fourth-order valence-electron chi connectivity index (χ4n) is 3.23. The molecular weight excluding hydrogens is 298 g/mol. The van der Waals surface area contributed by atoms with Crippen LogP contribution in [0, 0.1) is 0 Å². The summed E-state index contributed by atoms with van der Waals surface area (Å²) in [7, 11) is 0. The molecule has 134 valence electrons. The van der Waals surface area contributed by atoms with Crippen LogP contribution in [0.25, 0.3) is 0 Å². The summed E-state index contributed by atoms with van der Waals surface area (Å²) in [6, 6.07) is 3.36. The summed E-state index contributed by atoms with van der Waals surface area (Å²) in [5.41, 5.74) is 1.16. The largest absolute Gasteiger partial charge is 0.367 e. The molecule has 0 radical (unpaired) electrons. The Morgan fingerprint density at radius 2 is 1.75 bits per heavy atom. The van der Waals surface area contributed by atoms with Crippen LogP contribution in [0.15, 0.2) is 6.07 Å². The normalized spacial score (nSPS) is 20.3. The number of nitrogens with one attached hydrogen (secondary N) is 1. The summed E-state index contributed by atoms with van der Waals surface area (Å²) in [4.78, 5) is 14.6. The van der Waals surface area contributed by atoms with Gasteiger partial charge in [-0.3, -0.25) is 4.90 Å². The Bertz CT molecular complexity index is 551. The van der Waals surface area contributed by atoms with Gasteiger partial charge in [-0.05, 0) is 33.1 Å². The molecule has 0 aromatic carbocycles. The molecule has 0 amide bonds. The zero-order valence-electron chi connectivity index (χ0n) is 16.0. The highest BCUT2D eigenvalue weighted by atomic mass is 15.3. The lowest BCUT2D eigenvalue weighted by Crippen LogP contribution is -2.49. The summed E-state index contributed by atoms with van der Waals surface area (Å²) < 4.78 is 0. The third kappa shape index (κ3) is 4.00. The van der Waals surface area contributed by atoms with E-state index in [9.17, 15) is 0 Å². The van der Waals surface area contributed by atoms with Crippen LogP contribution in [0.3, 0.4) is 0 Å². The summed E-state index contributed by atoms with van der Waals surface area (Å²) in [6.45, 7) is 15.4. The maximum atomic E-state index is 4.91. The molecule has 5 heteroatoms. The van der Waals surface area contributed by atoms with Crippen LogP contribution in [0.4, 0.5) is 11.8 Å². The van der Waals surface area contributed by atoms with Crippen molar-refractivity contribution in [3.05, 3.63) is 11.8 Å². The van der Waals surface area contributed by atoms with Gasteiger partial charge in [0, 0.05) is 49.7 Å². The number of hydrogen-bond acceptors (Lipinski definition) is 5. The highest BCUT2D eigenvalue weighted by molar-refractivity contribution is 5.46. The molecule has 0 atom stereocenters. The third-order valence-corrected chi connectivity index (χ3v) is 5.27. The maximum Gasteiger partial charge on any atom is 0.227 e. The summed E-state index contributed by atoms with van der Waals surface area (Å²) >= 11 is 0. The molecular formula is C19H33N5. The van der Waals surface area contributed by atoms with E-state index < -0.39 is 0 Å². The first-order chi connectivity index (χ1) is 11.3. The van der Waals surface area contributed by atoms with Crippen molar-refractivity contribution in [3.63, 3.8) is 0 Å². The van der Waals surface area contributed by atoms with Gasteiger partial charge in [-0.2, -0.15) is 4.98 Å². The average molecular weight is 332 g/mol. The van der Waals surface area contributed by atoms with Crippen molar-refractivity contribution in [2.45, 2.75) is 71.4 Å². The lowest BCUT2D eigenvalue weighted by Gasteiger charge is -2.37. The van der Waals surface area contributed by atoms with E-state index in [4.69, 9.17) is 9.97 Å². The van der Waals surface area contributed by atoms with E-state index in [2.05, 4.69) is 55.8 Å². The van der Waals surface area contributed by atoms with Crippen LogP contribution in [0.1, 0.15) is 59.6 Å². The van der Waals surface area contributed by atoms with Gasteiger partial charge in [-0.25, -0.2) is 4.98 Å². The molecule has 1 aromatic rings. The molecule has 0 unspecified atom stereocenters. The van der Waals surface area contributed by atoms with E-state index in [1.54, 1.807) is 0 Å². The topological polar surface area (TPSA) is 44.3 Å². The van der Waals surface area contributed by atoms with Crippen molar-refractivity contribution in [2.75, 3.05) is 36.4 Å². The van der Waals surface area contributed by atoms with Crippen molar-refractivity contribution in [2.24, 2.45) is 0 Å². The molecule has 0 bridgehead atoms. The van der Waals surface area contributed by atoms with Crippen LogP contribution < -0.4 is 10.2 Å². The molecule has 24 heavy (non-hydrogen) atoms. The van der Waals surface area contributed by atoms with Crippen LogP contribution in [0.2, 0.25) is 0 Å². The van der Waals surface area contributed by atoms with Gasteiger partial charge in [0.25, 0.3) is 0 Å². The molecule has 2 heterocycles. The van der Waals surface area contributed by atoms with E-state index >= 15 is 0 Å². The van der Waals surface area contributed by atoms with Crippen LogP contribution in [-0.4, -0.2) is 53.1 Å². The molecule has 1 aromatic heterocycles. The molecule has 5 nitrogen and oxygen atoms in total. The fourth-order valence-corrected chi connectivity index (χ4v) is 3.23. The van der Waals surface area contributed by atoms with Crippen molar-refractivity contribution in [1.29, 1.82) is 0 Å². The van der Waals surface area contributed by atoms with Crippen molar-refractivity contribution in [1.82, 2.24) is 14.9 Å². The minimum atomic E-state index is 0.0352. The van der Waals surface area contributed by atoms with Crippen molar-refractivity contribution < 1.29 is 0 Å². The Morgan fingerprint density at radius 3 is 2.25 bits per heavy atom. The molecule has 2 fully saturated rings. The smallest absolute Gasteiger partial charge is 0.227 e. The minimum absolute atomic E-state index is 0.0352. The fraction of sp³-hybridized carbons (Fsp3) is 0.789. The van der Waals surface area contributed by atoms with Crippen LogP contribution in [0.5, 0.6) is 0 Å². The first-order valence-corrected chi connectivity index (χ1v) is 9.48. The molecule has 1 aliphatic heterocycles. The lowest BCUT2D eigenvalue weighted by atomic mass is 9.91. The molecule has 2 aliphatic rings. The number of nitrogens with zero attached hydrogens (tertiary/aromatic N) is 4. The Labute approximate surface area is 146 Å². The highest BCUT2D eigenvalue weighted by Gasteiger charge is 2.25. The monoisotopic (exact) mass is 331 g/mol. The molecule has 1 aliphatic carbocycles. The van der Waals surface area contributed by atoms with Crippen molar-refractivity contribution >= 4 is 11.8 Å². The number of aromatic nitrogens is 2. The Kier molecular flexibility index (Phi) is 5.00. The SMILES string of the molecule is CC(C)N1CCN(c2nc(NC3CCC3)cc(C(C)(C)C)n2)CC1. The molecule has 0 spiro atoms. The number of rotatable bonds is 4. The van der Waals surface area contributed by atoms with E-state index in [0.717, 1.165) is 43.6 Å². The summed E-state index contributed by atoms with van der Waals surface area (Å²) in [6.07, 6.45) is 3.85. The number of anilines is 2. The quantitative estimate of drug-likeness (QED) is 0.917. The van der Waals surface area contributed by atoms with Gasteiger partial charge in [0.1, 0.15) is 5.82 Å². The van der Waals surface area contributed by atoms with Crippen LogP contribution in [-0.2, 0) is 5.41 Å². The van der Waals surface area contributed by atoms with Gasteiger partial charge in [0.2, 0.25) is 5.95 Å². The first kappa shape index (κ1) is 17.5. The second kappa shape index (κ2) is 6.87. The summed E-state index contributed by atoms with van der Waals surface area (Å²) in [5, 5.41) is 3.61. The Morgan fingerprint density at radius 1 is 1.08 bits per heavy atom. The second-order valence-corrected chi connectivity index (χ2v) is 8.58. The van der Waals surface area contributed by atoms with Crippen LogP contribution >= 0.6 is 0 Å². The minimum Gasteiger partial charge on any atom is -0.367 e. The third-order valence-electron chi connectivity index (χ3n) is 5.27. The van der Waals surface area contributed by atoms with E-state index in [-0.39, 0.29) is 5.41 Å². The Balaban J connectivity index is 1.79. The standard InChI is InChI=1S/C19H33N5/c1-14(2)23-9-11-24(12-10-23)18-21-16(19(3,4)5)13-17(22-18)20-15-7-6-8-15/h13-15H,6-12H2,1-5H3,(H,20,21,22). The van der Waals surface area contributed by atoms with Gasteiger partial charge >= 0.3 is 0 Å². The van der Waals surface area contributed by atoms with Gasteiger partial charge in [-0.1, -0.05) is 20.8 Å². The predicted molar refractivity (Wildman–Crippen MR) is 101 cm³/mol. The lowest BCUT2D eigenvalue weighted by molar-refractivity contribution is 0.208. The molecule has 1 saturated heterocycles. The summed E-state index contributed by atoms with van der Waals surface area (Å²) in [5.74, 6) is 1.90. The molecule has 1 N–H and O–H groups in total. The maximum absolute atomic E-state index is 4.91. The zero-order chi connectivity index (χ0) is 17.3. The first-order valence-electron chi connectivity index (χ1n) is 9.48. The van der Waals surface area contributed by atoms with Crippen molar-refractivity contribution in [3.8, 4) is 0 Å². The average Bonchev–Trinajstić information content (AvgIpc) is 2.50. The molecule has 3 rings (SSSR count). The van der Waals surface area contributed by atoms with E-state index in [1.807, 2.05) is 0 Å². The number of hydrogen-bond donors (Lipinski definition) is 1. The predicted octanol–water partition coefficient (Wildman–Crippen LogP) is 3.27. The van der Waals surface area contributed by atoms with Gasteiger partial charge in [-0.15, -0.1) is 0 Å². The van der Waals surface area contributed by atoms with E-state index in [1.165, 1.54) is 19.3 Å². The van der Waals surface area contributed by atoms with Gasteiger partial charge in [0.05, 0.1) is 5.69 Å². The van der Waals surface area contributed by atoms with Gasteiger partial charge < -0.3 is 10.2 Å². The van der Waals surface area contributed by atoms with Gasteiger partial charge in [0.15, 0.2) is 0 Å². The zero-order valence-corrected chi connectivity index (χ0v) is 16.0. The number of piperazine rings is 1. The van der Waals surface area contributed by atoms with E-state index in [0.29, 0.717) is 12.1 Å². The Hall–Kier alpha value is -1.36.